The molecule has 0 amide bonds. The van der Waals surface area contributed by atoms with Crippen LogP contribution in [0.4, 0.5) is 0 Å². The van der Waals surface area contributed by atoms with Crippen LogP contribution in [0, 0.1) is 0 Å². The molecule has 0 bridgehead atoms. The van der Waals surface area contributed by atoms with Crippen molar-refractivity contribution in [3.63, 3.8) is 0 Å². The van der Waals surface area contributed by atoms with Gasteiger partial charge in [0.05, 0.1) is 0 Å². The van der Waals surface area contributed by atoms with E-state index in [1.54, 1.807) is 31.2 Å². The number of nitrogens with one attached hydrogen (secondary N) is 1. The van der Waals surface area contributed by atoms with Crippen LogP contribution in [0.2, 0.25) is 0 Å². The van der Waals surface area contributed by atoms with Crippen molar-refractivity contribution in [3.05, 3.63) is 30.3 Å². The van der Waals surface area contributed by atoms with Gasteiger partial charge in [-0.15, -0.1) is 0 Å². The Balaban J connectivity index is 2.55. The summed E-state index contributed by atoms with van der Waals surface area (Å²) >= 11 is 5.26. The highest BCUT2D eigenvalue weighted by atomic mass is 35.5. The van der Waals surface area contributed by atoms with Crippen molar-refractivity contribution in [1.82, 2.24) is 4.84 Å². The van der Waals surface area contributed by atoms with E-state index in [1.165, 1.54) is 0 Å². The van der Waals surface area contributed by atoms with Crippen LogP contribution in [-0.4, -0.2) is 12.0 Å². The molecule has 0 radical (unpaired) electrons. The number of benzene rings is 1. The van der Waals surface area contributed by atoms with Gasteiger partial charge in [-0.3, -0.25) is 0 Å². The fraction of sp³-hybridized carbons (Fsp3) is 0.222. The molecule has 0 heterocycles. The third-order valence-electron chi connectivity index (χ3n) is 1.48. The summed E-state index contributed by atoms with van der Waals surface area (Å²) in [5.41, 5.74) is 0. The maximum atomic E-state index is 11.2. The molecular formula is C9H10ClNO2. The first kappa shape index (κ1) is 10.0. The lowest BCUT2D eigenvalue weighted by molar-refractivity contribution is -0.135. The zero-order chi connectivity index (χ0) is 9.68. The molecule has 0 fully saturated rings. The minimum Gasteiger partial charge on any atom is -0.425 e. The summed E-state index contributed by atoms with van der Waals surface area (Å²) in [6.45, 7) is 1.62. The molecular weight excluding hydrogens is 190 g/mol. The molecule has 0 saturated carbocycles. The molecule has 0 spiro atoms. The first-order valence-electron chi connectivity index (χ1n) is 3.87. The Hall–Kier alpha value is -1.06. The molecule has 4 heteroatoms. The van der Waals surface area contributed by atoms with E-state index in [4.69, 9.17) is 16.5 Å². The van der Waals surface area contributed by atoms with Gasteiger partial charge in [-0.1, -0.05) is 18.2 Å². The Morgan fingerprint density at radius 1 is 1.46 bits per heavy atom. The number of hydrogen-bond acceptors (Lipinski definition) is 3. The summed E-state index contributed by atoms with van der Waals surface area (Å²) in [7, 11) is 0. The van der Waals surface area contributed by atoms with E-state index in [1.807, 2.05) is 6.07 Å². The molecule has 1 N–H and O–H groups in total. The number of halogens is 1. The second kappa shape index (κ2) is 4.84. The maximum absolute atomic E-state index is 11.2. The fourth-order valence-corrected chi connectivity index (χ4v) is 0.827. The van der Waals surface area contributed by atoms with E-state index in [0.29, 0.717) is 5.75 Å². The van der Waals surface area contributed by atoms with Crippen molar-refractivity contribution in [2.75, 3.05) is 0 Å². The largest absolute Gasteiger partial charge is 0.425 e. The minimum absolute atomic E-state index is 0.402. The van der Waals surface area contributed by atoms with Crippen molar-refractivity contribution in [3.8, 4) is 5.75 Å². The maximum Gasteiger partial charge on any atom is 0.329 e. The monoisotopic (exact) mass is 199 g/mol. The highest BCUT2D eigenvalue weighted by Crippen LogP contribution is 2.09. The molecule has 1 rings (SSSR count). The van der Waals surface area contributed by atoms with Gasteiger partial charge in [-0.25, -0.2) is 9.63 Å². The lowest BCUT2D eigenvalue weighted by atomic mass is 10.3. The van der Waals surface area contributed by atoms with Crippen molar-refractivity contribution in [2.24, 2.45) is 0 Å². The molecule has 1 aromatic rings. The third kappa shape index (κ3) is 3.05. The zero-order valence-corrected chi connectivity index (χ0v) is 7.91. The number of para-hydroxylation sites is 1. The Bertz CT molecular complexity index is 276. The Labute approximate surface area is 81.8 Å². The smallest absolute Gasteiger partial charge is 0.329 e. The highest BCUT2D eigenvalue weighted by molar-refractivity contribution is 6.14. The molecule has 1 unspecified atom stereocenters. The molecule has 0 aromatic heterocycles. The van der Waals surface area contributed by atoms with Crippen LogP contribution < -0.4 is 9.57 Å². The van der Waals surface area contributed by atoms with Gasteiger partial charge in [0.25, 0.3) is 0 Å². The van der Waals surface area contributed by atoms with E-state index < -0.39 is 12.0 Å². The molecule has 0 aliphatic rings. The SMILES string of the molecule is CC(NCl)C(=O)Oc1ccccc1. The summed E-state index contributed by atoms with van der Waals surface area (Å²) in [6.07, 6.45) is 0. The number of carbonyl (C=O) groups excluding carboxylic acids is 1. The van der Waals surface area contributed by atoms with Crippen molar-refractivity contribution >= 4 is 17.7 Å². The zero-order valence-electron chi connectivity index (χ0n) is 7.16. The fourth-order valence-electron chi connectivity index (χ4n) is 0.738. The average molecular weight is 200 g/mol. The van der Waals surface area contributed by atoms with Gasteiger partial charge in [-0.2, -0.15) is 0 Å². The lowest BCUT2D eigenvalue weighted by Gasteiger charge is -2.07. The number of rotatable bonds is 3. The van der Waals surface area contributed by atoms with Crippen LogP contribution >= 0.6 is 11.8 Å². The number of hydrogen-bond donors (Lipinski definition) is 1. The van der Waals surface area contributed by atoms with Crippen LogP contribution in [0.15, 0.2) is 30.3 Å². The third-order valence-corrected chi connectivity index (χ3v) is 1.81. The molecule has 70 valence electrons. The Morgan fingerprint density at radius 3 is 2.62 bits per heavy atom. The van der Waals surface area contributed by atoms with E-state index in [-0.39, 0.29) is 0 Å². The Kier molecular flexibility index (Phi) is 3.73. The minimum atomic E-state index is -0.512. The summed E-state index contributed by atoms with van der Waals surface area (Å²) in [5.74, 6) is 0.118. The van der Waals surface area contributed by atoms with Gasteiger partial charge in [0.15, 0.2) is 0 Å². The summed E-state index contributed by atoms with van der Waals surface area (Å²) in [4.78, 5) is 13.5. The number of esters is 1. The van der Waals surface area contributed by atoms with E-state index in [0.717, 1.165) is 0 Å². The molecule has 0 saturated heterocycles. The van der Waals surface area contributed by atoms with Gasteiger partial charge in [0.1, 0.15) is 11.8 Å². The molecule has 0 aliphatic heterocycles. The highest BCUT2D eigenvalue weighted by Gasteiger charge is 2.12. The predicted octanol–water partition coefficient (Wildman–Crippen LogP) is 1.72. The summed E-state index contributed by atoms with van der Waals surface area (Å²) in [6, 6.07) is 8.34. The van der Waals surface area contributed by atoms with Gasteiger partial charge in [0, 0.05) is 0 Å². The molecule has 1 aromatic carbocycles. The van der Waals surface area contributed by atoms with Gasteiger partial charge < -0.3 is 4.74 Å². The van der Waals surface area contributed by atoms with Crippen LogP contribution in [0.3, 0.4) is 0 Å². The van der Waals surface area contributed by atoms with Crippen molar-refractivity contribution < 1.29 is 9.53 Å². The topological polar surface area (TPSA) is 38.3 Å². The number of ether oxygens (including phenoxy) is 1. The van der Waals surface area contributed by atoms with Crippen LogP contribution in [0.25, 0.3) is 0 Å². The molecule has 0 aliphatic carbocycles. The first-order valence-corrected chi connectivity index (χ1v) is 4.24. The molecule has 1 atom stereocenters. The average Bonchev–Trinajstić information content (AvgIpc) is 2.18. The molecule has 3 nitrogen and oxygen atoms in total. The van der Waals surface area contributed by atoms with Gasteiger partial charge in [0.2, 0.25) is 0 Å². The normalized spacial score (nSPS) is 12.2. The van der Waals surface area contributed by atoms with E-state index in [2.05, 4.69) is 4.84 Å². The van der Waals surface area contributed by atoms with Gasteiger partial charge in [-0.05, 0) is 30.8 Å². The van der Waals surface area contributed by atoms with E-state index in [9.17, 15) is 4.79 Å². The second-order valence-corrected chi connectivity index (χ2v) is 2.78. The van der Waals surface area contributed by atoms with Crippen molar-refractivity contribution in [2.45, 2.75) is 13.0 Å². The van der Waals surface area contributed by atoms with Crippen molar-refractivity contribution in [1.29, 1.82) is 0 Å². The van der Waals surface area contributed by atoms with Gasteiger partial charge >= 0.3 is 5.97 Å². The van der Waals surface area contributed by atoms with E-state index >= 15 is 0 Å². The summed E-state index contributed by atoms with van der Waals surface area (Å²) < 4.78 is 4.98. The number of carbonyl (C=O) groups is 1. The Morgan fingerprint density at radius 2 is 2.08 bits per heavy atom. The quantitative estimate of drug-likeness (QED) is 0.458. The first-order chi connectivity index (χ1) is 6.24. The second-order valence-electron chi connectivity index (χ2n) is 2.56. The summed E-state index contributed by atoms with van der Waals surface area (Å²) in [5, 5.41) is 0. The van der Waals surface area contributed by atoms with Crippen LogP contribution in [0.5, 0.6) is 5.75 Å². The van der Waals surface area contributed by atoms with Crippen LogP contribution in [0.1, 0.15) is 6.92 Å². The van der Waals surface area contributed by atoms with Crippen LogP contribution in [-0.2, 0) is 4.79 Å². The predicted molar refractivity (Wildman–Crippen MR) is 50.5 cm³/mol. The molecule has 13 heavy (non-hydrogen) atoms. The lowest BCUT2D eigenvalue weighted by Crippen LogP contribution is -2.31. The standard InChI is InChI=1S/C9H10ClNO2/c1-7(11-10)9(12)13-8-5-3-2-4-6-8/h2-7,11H,1H3.